The molecule has 32 heavy (non-hydrogen) atoms. The molecule has 0 aromatic heterocycles. The van der Waals surface area contributed by atoms with Crippen LogP contribution in [0.5, 0.6) is 0 Å². The second-order valence-corrected chi connectivity index (χ2v) is 9.90. The van der Waals surface area contributed by atoms with E-state index in [2.05, 4.69) is 27.1 Å². The standard InChI is InChI=1S/C25H29N3O3S/c29-25(26-19-24(28-16-6-7-17-28)21-9-2-1-3-10-21)14-15-27-32(30,31)23-13-12-20-8-4-5-11-22(20)18-23/h1-5,8-13,18,24,27H,6-7,14-17,19H2,(H,26,29). The van der Waals surface area contributed by atoms with Crippen molar-refractivity contribution in [2.75, 3.05) is 26.2 Å². The quantitative estimate of drug-likeness (QED) is 0.522. The maximum atomic E-state index is 12.6. The highest BCUT2D eigenvalue weighted by Gasteiger charge is 2.24. The van der Waals surface area contributed by atoms with Gasteiger partial charge >= 0.3 is 0 Å². The maximum absolute atomic E-state index is 12.6. The molecule has 168 valence electrons. The first-order valence-corrected chi connectivity index (χ1v) is 12.6. The summed E-state index contributed by atoms with van der Waals surface area (Å²) in [5.41, 5.74) is 1.19. The number of nitrogens with one attached hydrogen (secondary N) is 2. The number of amides is 1. The van der Waals surface area contributed by atoms with E-state index >= 15 is 0 Å². The van der Waals surface area contributed by atoms with Gasteiger partial charge in [-0.2, -0.15) is 0 Å². The summed E-state index contributed by atoms with van der Waals surface area (Å²) in [4.78, 5) is 15.0. The number of fused-ring (bicyclic) bond motifs is 1. The Morgan fingerprint density at radius 2 is 1.59 bits per heavy atom. The third-order valence-corrected chi connectivity index (χ3v) is 7.39. The summed E-state index contributed by atoms with van der Waals surface area (Å²) in [6, 6.07) is 23.0. The zero-order chi connectivity index (χ0) is 22.4. The molecule has 1 unspecified atom stereocenters. The van der Waals surface area contributed by atoms with Gasteiger partial charge in [0, 0.05) is 19.5 Å². The minimum absolute atomic E-state index is 0.0563. The smallest absolute Gasteiger partial charge is 0.240 e. The molecule has 0 radical (unpaired) electrons. The van der Waals surface area contributed by atoms with Crippen molar-refractivity contribution in [2.24, 2.45) is 0 Å². The van der Waals surface area contributed by atoms with E-state index < -0.39 is 10.0 Å². The van der Waals surface area contributed by atoms with Gasteiger partial charge in [0.25, 0.3) is 0 Å². The molecule has 0 saturated carbocycles. The monoisotopic (exact) mass is 451 g/mol. The van der Waals surface area contributed by atoms with Crippen molar-refractivity contribution in [1.82, 2.24) is 14.9 Å². The van der Waals surface area contributed by atoms with Crippen LogP contribution in [0.3, 0.4) is 0 Å². The predicted molar refractivity (Wildman–Crippen MR) is 127 cm³/mol. The fourth-order valence-electron chi connectivity index (χ4n) is 4.20. The molecular weight excluding hydrogens is 422 g/mol. The molecule has 0 spiro atoms. The molecule has 4 rings (SSSR count). The van der Waals surface area contributed by atoms with Crippen molar-refractivity contribution in [2.45, 2.75) is 30.2 Å². The van der Waals surface area contributed by atoms with Gasteiger partial charge in [-0.1, -0.05) is 60.7 Å². The first-order chi connectivity index (χ1) is 15.5. The summed E-state index contributed by atoms with van der Waals surface area (Å²) in [5.74, 6) is -0.161. The molecule has 0 bridgehead atoms. The Kier molecular flexibility index (Phi) is 7.19. The highest BCUT2D eigenvalue weighted by atomic mass is 32.2. The topological polar surface area (TPSA) is 78.5 Å². The first-order valence-electron chi connectivity index (χ1n) is 11.1. The number of benzene rings is 3. The third-order valence-electron chi connectivity index (χ3n) is 5.93. The van der Waals surface area contributed by atoms with Gasteiger partial charge in [0.1, 0.15) is 0 Å². The van der Waals surface area contributed by atoms with Crippen LogP contribution in [0.15, 0.2) is 77.7 Å². The normalized spacial score (nSPS) is 15.6. The highest BCUT2D eigenvalue weighted by molar-refractivity contribution is 7.89. The zero-order valence-electron chi connectivity index (χ0n) is 18.0. The van der Waals surface area contributed by atoms with Crippen LogP contribution in [-0.2, 0) is 14.8 Å². The number of carbonyl (C=O) groups excluding carboxylic acids is 1. The fourth-order valence-corrected chi connectivity index (χ4v) is 5.27. The molecule has 2 N–H and O–H groups in total. The molecule has 1 atom stereocenters. The van der Waals surface area contributed by atoms with Gasteiger partial charge in [0.2, 0.25) is 15.9 Å². The molecule has 1 amide bonds. The fraction of sp³-hybridized carbons (Fsp3) is 0.320. The summed E-state index contributed by atoms with van der Waals surface area (Å²) < 4.78 is 27.8. The van der Waals surface area contributed by atoms with E-state index in [9.17, 15) is 13.2 Å². The maximum Gasteiger partial charge on any atom is 0.240 e. The van der Waals surface area contributed by atoms with E-state index in [-0.39, 0.29) is 29.8 Å². The minimum atomic E-state index is -3.67. The Morgan fingerprint density at radius 1 is 0.906 bits per heavy atom. The summed E-state index contributed by atoms with van der Waals surface area (Å²) in [6.45, 7) is 2.63. The Bertz CT molecular complexity index is 1160. The van der Waals surface area contributed by atoms with Crippen molar-refractivity contribution in [3.05, 3.63) is 78.4 Å². The molecule has 1 fully saturated rings. The van der Waals surface area contributed by atoms with Gasteiger partial charge in [0.15, 0.2) is 0 Å². The molecule has 1 heterocycles. The molecule has 6 nitrogen and oxygen atoms in total. The Hall–Kier alpha value is -2.74. The number of rotatable bonds is 9. The van der Waals surface area contributed by atoms with Gasteiger partial charge in [-0.05, 0) is 54.4 Å². The summed E-state index contributed by atoms with van der Waals surface area (Å²) in [6.07, 6.45) is 2.44. The first kappa shape index (κ1) is 22.5. The van der Waals surface area contributed by atoms with Crippen molar-refractivity contribution < 1.29 is 13.2 Å². The number of likely N-dealkylation sites (tertiary alicyclic amines) is 1. The van der Waals surface area contributed by atoms with Crippen LogP contribution in [-0.4, -0.2) is 45.4 Å². The van der Waals surface area contributed by atoms with Gasteiger partial charge < -0.3 is 5.32 Å². The number of hydrogen-bond acceptors (Lipinski definition) is 4. The predicted octanol–water partition coefficient (Wildman–Crippen LogP) is 3.46. The van der Waals surface area contributed by atoms with E-state index in [0.29, 0.717) is 6.54 Å². The van der Waals surface area contributed by atoms with Gasteiger partial charge in [-0.3, -0.25) is 9.69 Å². The lowest BCUT2D eigenvalue weighted by atomic mass is 10.1. The van der Waals surface area contributed by atoms with Crippen molar-refractivity contribution in [1.29, 1.82) is 0 Å². The van der Waals surface area contributed by atoms with E-state index in [1.165, 1.54) is 18.4 Å². The van der Waals surface area contributed by atoms with Crippen LogP contribution in [0.25, 0.3) is 10.8 Å². The highest BCUT2D eigenvalue weighted by Crippen LogP contribution is 2.24. The van der Waals surface area contributed by atoms with E-state index in [1.54, 1.807) is 18.2 Å². The van der Waals surface area contributed by atoms with Crippen molar-refractivity contribution >= 4 is 26.7 Å². The number of nitrogens with zero attached hydrogens (tertiary/aromatic N) is 1. The van der Waals surface area contributed by atoms with Crippen molar-refractivity contribution in [3.63, 3.8) is 0 Å². The van der Waals surface area contributed by atoms with E-state index in [1.807, 2.05) is 42.5 Å². The van der Waals surface area contributed by atoms with Gasteiger partial charge in [-0.15, -0.1) is 0 Å². The molecule has 3 aromatic rings. The zero-order valence-corrected chi connectivity index (χ0v) is 18.9. The summed E-state index contributed by atoms with van der Waals surface area (Å²) >= 11 is 0. The van der Waals surface area contributed by atoms with Crippen LogP contribution in [0.1, 0.15) is 30.9 Å². The van der Waals surface area contributed by atoms with Crippen molar-refractivity contribution in [3.8, 4) is 0 Å². The van der Waals surface area contributed by atoms with Crippen LogP contribution >= 0.6 is 0 Å². The SMILES string of the molecule is O=C(CCNS(=O)(=O)c1ccc2ccccc2c1)NCC(c1ccccc1)N1CCCC1. The van der Waals surface area contributed by atoms with Crippen LogP contribution in [0, 0.1) is 0 Å². The van der Waals surface area contributed by atoms with Crippen LogP contribution < -0.4 is 10.0 Å². The second kappa shape index (κ2) is 10.3. The average molecular weight is 452 g/mol. The second-order valence-electron chi connectivity index (χ2n) is 8.13. The van der Waals surface area contributed by atoms with Crippen LogP contribution in [0.2, 0.25) is 0 Å². The molecule has 3 aromatic carbocycles. The Labute approximate surface area is 189 Å². The molecule has 1 saturated heterocycles. The lowest BCUT2D eigenvalue weighted by molar-refractivity contribution is -0.121. The van der Waals surface area contributed by atoms with E-state index in [0.717, 1.165) is 23.9 Å². The number of carbonyl (C=O) groups is 1. The van der Waals surface area contributed by atoms with Gasteiger partial charge in [0.05, 0.1) is 10.9 Å². The summed E-state index contributed by atoms with van der Waals surface area (Å²) in [7, 11) is -3.67. The average Bonchev–Trinajstić information content (AvgIpc) is 3.34. The molecule has 1 aliphatic rings. The Balaban J connectivity index is 1.31. The van der Waals surface area contributed by atoms with Crippen LogP contribution in [0.4, 0.5) is 0 Å². The largest absolute Gasteiger partial charge is 0.354 e. The number of hydrogen-bond donors (Lipinski definition) is 2. The van der Waals surface area contributed by atoms with Gasteiger partial charge in [-0.25, -0.2) is 13.1 Å². The molecular formula is C25H29N3O3S. The van der Waals surface area contributed by atoms with E-state index in [4.69, 9.17) is 0 Å². The lowest BCUT2D eigenvalue weighted by Crippen LogP contribution is -2.38. The molecule has 1 aliphatic heterocycles. The Morgan fingerprint density at radius 3 is 2.34 bits per heavy atom. The number of sulfonamides is 1. The summed E-state index contributed by atoms with van der Waals surface area (Å²) in [5, 5.41) is 4.84. The molecule has 7 heteroatoms. The third kappa shape index (κ3) is 5.54. The molecule has 0 aliphatic carbocycles. The lowest BCUT2D eigenvalue weighted by Gasteiger charge is -2.28. The minimum Gasteiger partial charge on any atom is -0.354 e.